The summed E-state index contributed by atoms with van der Waals surface area (Å²) in [5.41, 5.74) is 0.239. The fraction of sp³-hybridized carbons (Fsp3) is 0.500. The van der Waals surface area contributed by atoms with Crippen molar-refractivity contribution < 1.29 is 14.4 Å². The van der Waals surface area contributed by atoms with Crippen LogP contribution in [-0.2, 0) is 4.79 Å². The molecule has 1 N–H and O–H groups in total. The molecule has 0 saturated carbocycles. The van der Waals surface area contributed by atoms with Crippen LogP contribution in [-0.4, -0.2) is 58.3 Å². The summed E-state index contributed by atoms with van der Waals surface area (Å²) in [5.74, 6) is -1.79. The Bertz CT molecular complexity index is 1020. The lowest BCUT2D eigenvalue weighted by atomic mass is 9.92. The maximum atomic E-state index is 12.5. The Morgan fingerprint density at radius 1 is 1.78 bits per heavy atom. The molecule has 1 saturated heterocycles. The Balaban J connectivity index is 2.14. The molecule has 3 rings (SSSR count). The Morgan fingerprint density at radius 3 is 3.43 bits per heavy atom. The number of amides is 1. The number of anilines is 1. The van der Waals surface area contributed by atoms with Gasteiger partial charge in [-0.3, -0.25) is 4.79 Å². The molecule has 23 heavy (non-hydrogen) atoms. The molecular weight excluding hydrogens is 292 g/mol. The zero-order chi connectivity index (χ0) is 22.5. The number of likely N-dealkylation sites (N-methyl/N-ethyl adjacent to an activating group) is 1. The van der Waals surface area contributed by atoms with E-state index in [2.05, 4.69) is 19.8 Å². The van der Waals surface area contributed by atoms with E-state index in [1.807, 2.05) is 0 Å². The van der Waals surface area contributed by atoms with E-state index in [0.29, 0.717) is 5.39 Å². The summed E-state index contributed by atoms with van der Waals surface area (Å²) in [5, 5.41) is 0.306. The first-order valence-electron chi connectivity index (χ1n) is 10.6. The van der Waals surface area contributed by atoms with Crippen molar-refractivity contribution in [3.05, 3.63) is 30.0 Å². The average molecular weight is 319 g/mol. The fourth-order valence-corrected chi connectivity index (χ4v) is 2.65. The summed E-state index contributed by atoms with van der Waals surface area (Å²) < 4.78 is 56.4. The molecule has 1 aliphatic heterocycles. The van der Waals surface area contributed by atoms with Crippen LogP contribution in [0.1, 0.15) is 22.9 Å². The zero-order valence-corrected chi connectivity index (χ0v) is 12.5. The van der Waals surface area contributed by atoms with Crippen molar-refractivity contribution in [3.63, 3.8) is 0 Å². The van der Waals surface area contributed by atoms with Gasteiger partial charge < -0.3 is 19.6 Å². The fourth-order valence-electron chi connectivity index (χ4n) is 2.65. The van der Waals surface area contributed by atoms with Gasteiger partial charge >= 0.3 is 5.91 Å². The number of fused-ring (bicyclic) bond motifs is 1. The van der Waals surface area contributed by atoms with Gasteiger partial charge in [0, 0.05) is 30.4 Å². The number of hydrogen-bond donors (Lipinski definition) is 1. The number of hydrogen-bond acceptors (Lipinski definition) is 4. The van der Waals surface area contributed by atoms with Crippen LogP contribution < -0.4 is 4.90 Å². The van der Waals surface area contributed by atoms with E-state index in [1.54, 1.807) is 13.0 Å². The van der Waals surface area contributed by atoms with Crippen LogP contribution in [0, 0.1) is 12.5 Å². The molecule has 2 aromatic rings. The third-order valence-corrected chi connectivity index (χ3v) is 3.98. The van der Waals surface area contributed by atoms with Crippen LogP contribution in [0.5, 0.6) is 0 Å². The lowest BCUT2D eigenvalue weighted by Gasteiger charge is -2.41. The third-order valence-electron chi connectivity index (χ3n) is 3.98. The van der Waals surface area contributed by atoms with Gasteiger partial charge in [-0.2, -0.15) is 0 Å². The molecule has 1 fully saturated rings. The monoisotopic (exact) mass is 319 g/mol. The first-order chi connectivity index (χ1) is 13.8. The van der Waals surface area contributed by atoms with Crippen molar-refractivity contribution in [1.82, 2.24) is 19.9 Å². The average Bonchev–Trinajstić information content (AvgIpc) is 3.10. The van der Waals surface area contributed by atoms with Crippen LogP contribution in [0.15, 0.2) is 18.6 Å². The second-order valence-corrected chi connectivity index (χ2v) is 5.35. The molecule has 0 aromatic carbocycles. The Hall–Kier alpha value is -2.62. The minimum absolute atomic E-state index is 0.0948. The number of aromatic nitrogens is 3. The summed E-state index contributed by atoms with van der Waals surface area (Å²) in [7, 11) is 0. The van der Waals surface area contributed by atoms with E-state index >= 15 is 0 Å². The lowest BCUT2D eigenvalue weighted by molar-refractivity contribution is -0.130. The third kappa shape index (κ3) is 2.84. The molecule has 7 nitrogen and oxygen atoms in total. The highest BCUT2D eigenvalue weighted by Gasteiger charge is 2.33. The van der Waals surface area contributed by atoms with E-state index in [1.165, 1.54) is 6.20 Å². The predicted octanol–water partition coefficient (Wildman–Crippen LogP) is 1.55. The Labute approximate surface area is 145 Å². The summed E-state index contributed by atoms with van der Waals surface area (Å²) in [6.07, 6.45) is 1.31. The highest BCUT2D eigenvalue weighted by Crippen LogP contribution is 2.28. The largest absolute Gasteiger partial charge is 0.354 e. The van der Waals surface area contributed by atoms with Gasteiger partial charge in [0.15, 0.2) is 0 Å². The standard InChI is InChI=1S/C16H20N6O/c1-11-5-7-22(14(23)8-17-2)9-13(11)21(3)16-12-4-6-18-15(12)19-10-20-16/h4,6,10-11,13H,5,7-9H2,1,3H3,(H,18,19,20)/t11-,13+/m1/s1/i3D3,8D2,10D,13D. The molecule has 0 radical (unpaired) electrons. The van der Waals surface area contributed by atoms with E-state index < -0.39 is 44.2 Å². The second-order valence-electron chi connectivity index (χ2n) is 5.35. The van der Waals surface area contributed by atoms with Crippen LogP contribution in [0.4, 0.5) is 5.82 Å². The Kier molecular flexibility index (Phi) is 2.41. The molecule has 0 unspecified atom stereocenters. The number of aromatic amines is 1. The first-order valence-corrected chi connectivity index (χ1v) is 7.11. The molecular formula is C16H20N6O. The van der Waals surface area contributed by atoms with Crippen LogP contribution >= 0.6 is 0 Å². The zero-order valence-electron chi connectivity index (χ0n) is 19.5. The lowest BCUT2D eigenvalue weighted by Crippen LogP contribution is -2.53. The number of likely N-dealkylation sites (tertiary alicyclic amines) is 1. The van der Waals surface area contributed by atoms with E-state index in [4.69, 9.17) is 16.2 Å². The van der Waals surface area contributed by atoms with Gasteiger partial charge in [-0.05, 0) is 18.4 Å². The topological polar surface area (TPSA) is 69.5 Å². The summed E-state index contributed by atoms with van der Waals surface area (Å²) in [4.78, 5) is 27.7. The number of nitrogens with one attached hydrogen (secondary N) is 1. The van der Waals surface area contributed by atoms with E-state index in [-0.39, 0.29) is 24.4 Å². The predicted molar refractivity (Wildman–Crippen MR) is 87.9 cm³/mol. The summed E-state index contributed by atoms with van der Waals surface area (Å²) in [6, 6.07) is -0.373. The van der Waals surface area contributed by atoms with Gasteiger partial charge in [-0.25, -0.2) is 16.5 Å². The molecule has 7 heteroatoms. The molecule has 120 valence electrons. The van der Waals surface area contributed by atoms with Gasteiger partial charge in [0.25, 0.3) is 6.50 Å². The SMILES string of the molecule is [2H]c1nc(N(C([2H])([2H])[2H])[C@@]2([2H])CN(C(=O)C([2H])([2H])[N+]#[C-])CC[C@H]2C)c2cc[nH]c2n1. The van der Waals surface area contributed by atoms with Gasteiger partial charge in [0.05, 0.1) is 12.8 Å². The molecule has 1 amide bonds. The van der Waals surface area contributed by atoms with Crippen molar-refractivity contribution >= 4 is 22.8 Å². The van der Waals surface area contributed by atoms with Crippen LogP contribution in [0.2, 0.25) is 0 Å². The van der Waals surface area contributed by atoms with Crippen LogP contribution in [0.25, 0.3) is 15.9 Å². The minimum atomic E-state index is -2.86. The number of rotatable bonds is 3. The number of H-pyrrole nitrogens is 1. The van der Waals surface area contributed by atoms with Crippen molar-refractivity contribution in [1.29, 1.82) is 0 Å². The molecule has 0 bridgehead atoms. The van der Waals surface area contributed by atoms with Crippen molar-refractivity contribution in [2.45, 2.75) is 19.4 Å². The summed E-state index contributed by atoms with van der Waals surface area (Å²) in [6.45, 7) is 2.59. The second kappa shape index (κ2) is 6.24. The number of piperidine rings is 1. The number of carbonyl (C=O) groups is 1. The first kappa shape index (κ1) is 8.87. The quantitative estimate of drug-likeness (QED) is 0.872. The van der Waals surface area contributed by atoms with E-state index in [0.717, 1.165) is 9.80 Å². The maximum absolute atomic E-state index is 12.5. The molecule has 1 aliphatic rings. The van der Waals surface area contributed by atoms with Crippen LogP contribution in [0.3, 0.4) is 0 Å². The smallest absolute Gasteiger partial charge is 0.302 e. The molecule has 0 aliphatic carbocycles. The molecule has 0 spiro atoms. The van der Waals surface area contributed by atoms with E-state index in [9.17, 15) is 4.79 Å². The highest BCUT2D eigenvalue weighted by atomic mass is 16.2. The van der Waals surface area contributed by atoms with Gasteiger partial charge in [0.1, 0.15) is 21.9 Å². The number of carbonyl (C=O) groups excluding carboxylic acids is 1. The van der Waals surface area contributed by atoms with Crippen molar-refractivity contribution in [3.8, 4) is 0 Å². The Morgan fingerprint density at radius 2 is 2.65 bits per heavy atom. The summed E-state index contributed by atoms with van der Waals surface area (Å²) >= 11 is 0. The molecule has 3 heterocycles. The van der Waals surface area contributed by atoms with Gasteiger partial charge in [0.2, 0.25) is 0 Å². The van der Waals surface area contributed by atoms with Gasteiger partial charge in [-0.1, -0.05) is 6.92 Å². The van der Waals surface area contributed by atoms with Crippen molar-refractivity contribution in [2.75, 3.05) is 31.5 Å². The number of nitrogens with zero attached hydrogens (tertiary/aromatic N) is 5. The van der Waals surface area contributed by atoms with Gasteiger partial charge in [-0.15, -0.1) is 0 Å². The molecule has 2 aromatic heterocycles. The molecule has 2 atom stereocenters. The minimum Gasteiger partial charge on any atom is -0.354 e. The normalized spacial score (nSPS) is 30.0. The maximum Gasteiger partial charge on any atom is 0.302 e. The van der Waals surface area contributed by atoms with Crippen molar-refractivity contribution in [2.24, 2.45) is 5.92 Å². The highest BCUT2D eigenvalue weighted by molar-refractivity contribution is 5.87.